The minimum atomic E-state index is 0.152. The van der Waals surface area contributed by atoms with Crippen molar-refractivity contribution in [2.75, 3.05) is 31.9 Å². The van der Waals surface area contributed by atoms with Crippen LogP contribution in [0, 0.1) is 5.92 Å². The molecule has 2 saturated heterocycles. The minimum Gasteiger partial charge on any atom is -0.340 e. The molecule has 0 aromatic carbocycles. The molecule has 2 rings (SSSR count). The quantitative estimate of drug-likeness (QED) is 0.764. The molecule has 1 N–H and O–H groups in total. The first-order valence-corrected chi connectivity index (χ1v) is 6.93. The fourth-order valence-corrected chi connectivity index (χ4v) is 3.54. The lowest BCUT2D eigenvalue weighted by atomic mass is 10.1. The Balaban J connectivity index is 1.90. The van der Waals surface area contributed by atoms with Crippen LogP contribution in [0.4, 0.5) is 0 Å². The number of rotatable bonds is 2. The van der Waals surface area contributed by atoms with Gasteiger partial charge in [0.15, 0.2) is 0 Å². The lowest BCUT2D eigenvalue weighted by Gasteiger charge is -2.25. The van der Waals surface area contributed by atoms with Crippen molar-refractivity contribution in [3.63, 3.8) is 0 Å². The summed E-state index contributed by atoms with van der Waals surface area (Å²) in [6.45, 7) is 5.67. The highest BCUT2D eigenvalue weighted by Gasteiger charge is 2.26. The van der Waals surface area contributed by atoms with Crippen LogP contribution in [0.3, 0.4) is 0 Å². The van der Waals surface area contributed by atoms with Crippen molar-refractivity contribution in [1.82, 2.24) is 10.2 Å². The molecule has 4 heteroatoms. The fourth-order valence-electron chi connectivity index (χ4n) is 2.26. The van der Waals surface area contributed by atoms with E-state index >= 15 is 0 Å². The second kappa shape index (κ2) is 5.21. The molecule has 1 amide bonds. The normalized spacial score (nSPS) is 33.1. The lowest BCUT2D eigenvalue weighted by molar-refractivity contribution is -0.133. The van der Waals surface area contributed by atoms with Crippen LogP contribution in [0.25, 0.3) is 0 Å². The van der Waals surface area contributed by atoms with Gasteiger partial charge >= 0.3 is 0 Å². The van der Waals surface area contributed by atoms with Gasteiger partial charge in [-0.1, -0.05) is 6.92 Å². The van der Waals surface area contributed by atoms with Crippen LogP contribution in [0.1, 0.15) is 19.8 Å². The molecule has 0 aromatic heterocycles. The van der Waals surface area contributed by atoms with Gasteiger partial charge in [0, 0.05) is 37.3 Å². The standard InChI is InChI=1S/C11H20N2OS/c1-9-7-12-4-5-13(11(9)14)8-10-3-2-6-15-10/h9-10,12H,2-8H2,1H3. The topological polar surface area (TPSA) is 32.3 Å². The van der Waals surface area contributed by atoms with Gasteiger partial charge in [0.2, 0.25) is 5.91 Å². The van der Waals surface area contributed by atoms with E-state index in [1.807, 2.05) is 18.7 Å². The summed E-state index contributed by atoms with van der Waals surface area (Å²) in [5.74, 6) is 1.77. The monoisotopic (exact) mass is 228 g/mol. The number of hydrogen-bond acceptors (Lipinski definition) is 3. The van der Waals surface area contributed by atoms with Crippen LogP contribution in [0.5, 0.6) is 0 Å². The van der Waals surface area contributed by atoms with E-state index in [2.05, 4.69) is 10.2 Å². The van der Waals surface area contributed by atoms with Crippen LogP contribution in [0.15, 0.2) is 0 Å². The van der Waals surface area contributed by atoms with Crippen LogP contribution < -0.4 is 5.32 Å². The summed E-state index contributed by atoms with van der Waals surface area (Å²) in [7, 11) is 0. The molecule has 0 saturated carbocycles. The number of nitrogens with one attached hydrogen (secondary N) is 1. The Morgan fingerprint density at radius 1 is 1.60 bits per heavy atom. The van der Waals surface area contributed by atoms with Crippen LogP contribution in [0.2, 0.25) is 0 Å². The number of amides is 1. The van der Waals surface area contributed by atoms with E-state index in [0.717, 1.165) is 26.2 Å². The summed E-state index contributed by atoms with van der Waals surface area (Å²) in [6.07, 6.45) is 2.61. The molecular weight excluding hydrogens is 208 g/mol. The van der Waals surface area contributed by atoms with Crippen molar-refractivity contribution < 1.29 is 4.79 Å². The second-order valence-electron chi connectivity index (χ2n) is 4.52. The third kappa shape index (κ3) is 2.88. The zero-order valence-electron chi connectivity index (χ0n) is 9.37. The van der Waals surface area contributed by atoms with E-state index in [-0.39, 0.29) is 5.92 Å². The van der Waals surface area contributed by atoms with E-state index in [0.29, 0.717) is 11.2 Å². The van der Waals surface area contributed by atoms with E-state index in [1.165, 1.54) is 18.6 Å². The zero-order valence-corrected chi connectivity index (χ0v) is 10.2. The van der Waals surface area contributed by atoms with Crippen LogP contribution in [-0.2, 0) is 4.79 Å². The van der Waals surface area contributed by atoms with E-state index in [4.69, 9.17) is 0 Å². The molecule has 15 heavy (non-hydrogen) atoms. The molecule has 0 radical (unpaired) electrons. The molecule has 0 bridgehead atoms. The first kappa shape index (κ1) is 11.3. The number of hydrogen-bond donors (Lipinski definition) is 1. The molecule has 0 spiro atoms. The highest BCUT2D eigenvalue weighted by Crippen LogP contribution is 2.27. The Bertz CT molecular complexity index is 229. The summed E-state index contributed by atoms with van der Waals surface area (Å²) in [4.78, 5) is 14.1. The summed E-state index contributed by atoms with van der Waals surface area (Å²) in [6, 6.07) is 0. The first-order valence-electron chi connectivity index (χ1n) is 5.88. The molecule has 2 heterocycles. The van der Waals surface area contributed by atoms with Crippen molar-refractivity contribution in [2.24, 2.45) is 5.92 Å². The van der Waals surface area contributed by atoms with Crippen molar-refractivity contribution in [3.05, 3.63) is 0 Å². The Hall–Kier alpha value is -0.220. The summed E-state index contributed by atoms with van der Waals surface area (Å²) in [5.41, 5.74) is 0. The van der Waals surface area contributed by atoms with Crippen molar-refractivity contribution >= 4 is 17.7 Å². The lowest BCUT2D eigenvalue weighted by Crippen LogP contribution is -2.39. The van der Waals surface area contributed by atoms with Crippen molar-refractivity contribution in [2.45, 2.75) is 25.0 Å². The number of nitrogens with zero attached hydrogens (tertiary/aromatic N) is 1. The number of carbonyl (C=O) groups is 1. The summed E-state index contributed by atoms with van der Waals surface area (Å²) >= 11 is 2.03. The molecule has 2 atom stereocenters. The third-order valence-electron chi connectivity index (χ3n) is 3.19. The minimum absolute atomic E-state index is 0.152. The molecule has 3 nitrogen and oxygen atoms in total. The van der Waals surface area contributed by atoms with Gasteiger partial charge < -0.3 is 10.2 Å². The van der Waals surface area contributed by atoms with Gasteiger partial charge in [0.05, 0.1) is 0 Å². The van der Waals surface area contributed by atoms with Gasteiger partial charge in [-0.15, -0.1) is 0 Å². The van der Waals surface area contributed by atoms with Gasteiger partial charge in [0.25, 0.3) is 0 Å². The maximum Gasteiger partial charge on any atom is 0.226 e. The Labute approximate surface area is 96.0 Å². The zero-order chi connectivity index (χ0) is 10.7. The molecule has 2 fully saturated rings. The third-order valence-corrected chi connectivity index (χ3v) is 4.57. The van der Waals surface area contributed by atoms with Crippen molar-refractivity contribution in [3.8, 4) is 0 Å². The number of carbonyl (C=O) groups excluding carboxylic acids is 1. The highest BCUT2D eigenvalue weighted by atomic mass is 32.2. The average Bonchev–Trinajstić information content (AvgIpc) is 2.68. The average molecular weight is 228 g/mol. The molecule has 86 valence electrons. The van der Waals surface area contributed by atoms with Crippen LogP contribution in [-0.4, -0.2) is 48.0 Å². The van der Waals surface area contributed by atoms with Gasteiger partial charge in [-0.25, -0.2) is 0 Å². The predicted octanol–water partition coefficient (Wildman–Crippen LogP) is 0.950. The Kier molecular flexibility index (Phi) is 3.92. The van der Waals surface area contributed by atoms with Gasteiger partial charge in [-0.2, -0.15) is 11.8 Å². The largest absolute Gasteiger partial charge is 0.340 e. The summed E-state index contributed by atoms with van der Waals surface area (Å²) in [5, 5.41) is 4.01. The van der Waals surface area contributed by atoms with Crippen LogP contribution >= 0.6 is 11.8 Å². The molecule has 2 aliphatic rings. The summed E-state index contributed by atoms with van der Waals surface area (Å²) < 4.78 is 0. The molecule has 0 aromatic rings. The molecule has 2 aliphatic heterocycles. The van der Waals surface area contributed by atoms with E-state index in [1.54, 1.807) is 0 Å². The molecule has 2 unspecified atom stereocenters. The second-order valence-corrected chi connectivity index (χ2v) is 5.93. The van der Waals surface area contributed by atoms with Gasteiger partial charge in [-0.3, -0.25) is 4.79 Å². The van der Waals surface area contributed by atoms with E-state index in [9.17, 15) is 4.79 Å². The maximum absolute atomic E-state index is 12.0. The maximum atomic E-state index is 12.0. The van der Waals surface area contributed by atoms with Gasteiger partial charge in [0.1, 0.15) is 0 Å². The Morgan fingerprint density at radius 3 is 3.20 bits per heavy atom. The molecule has 0 aliphatic carbocycles. The molecular formula is C11H20N2OS. The number of thioether (sulfide) groups is 1. The Morgan fingerprint density at radius 2 is 2.47 bits per heavy atom. The first-order chi connectivity index (χ1) is 7.27. The highest BCUT2D eigenvalue weighted by molar-refractivity contribution is 8.00. The fraction of sp³-hybridized carbons (Fsp3) is 0.909. The van der Waals surface area contributed by atoms with E-state index < -0.39 is 0 Å². The predicted molar refractivity (Wildman–Crippen MR) is 64.1 cm³/mol. The van der Waals surface area contributed by atoms with Gasteiger partial charge in [-0.05, 0) is 18.6 Å². The smallest absolute Gasteiger partial charge is 0.226 e. The van der Waals surface area contributed by atoms with Crippen molar-refractivity contribution in [1.29, 1.82) is 0 Å². The SMILES string of the molecule is CC1CNCCN(CC2CCCS2)C1=O.